The van der Waals surface area contributed by atoms with E-state index in [0.29, 0.717) is 0 Å². The summed E-state index contributed by atoms with van der Waals surface area (Å²) in [6.07, 6.45) is 0.186. The van der Waals surface area contributed by atoms with E-state index < -0.39 is 0 Å². The molecule has 1 aromatic heterocycles. The molecular weight excluding hydrogens is 252 g/mol. The number of hydrogen-bond donors (Lipinski definition) is 1. The summed E-state index contributed by atoms with van der Waals surface area (Å²) in [4.78, 5) is 17.4. The van der Waals surface area contributed by atoms with E-state index in [1.165, 1.54) is 0 Å². The van der Waals surface area contributed by atoms with Gasteiger partial charge in [-0.2, -0.15) is 0 Å². The molecule has 1 aromatic carbocycles. The van der Waals surface area contributed by atoms with Crippen LogP contribution < -0.4 is 4.90 Å². The zero-order valence-corrected chi connectivity index (χ0v) is 12.6. The monoisotopic (exact) mass is 274 g/mol. The van der Waals surface area contributed by atoms with Crippen LogP contribution in [0.1, 0.15) is 26.5 Å². The molecule has 0 fully saturated rings. The van der Waals surface area contributed by atoms with E-state index in [0.717, 1.165) is 28.8 Å². The molecule has 2 rings (SSSR count). The maximum atomic E-state index is 11.9. The third-order valence-corrected chi connectivity index (χ3v) is 3.30. The lowest BCUT2D eigenvalue weighted by atomic mass is 10.2. The lowest BCUT2D eigenvalue weighted by Crippen LogP contribution is -2.19. The van der Waals surface area contributed by atoms with Crippen molar-refractivity contribution in [1.82, 2.24) is 4.98 Å². The third-order valence-electron chi connectivity index (χ3n) is 3.30. The molecule has 0 saturated carbocycles. The first-order valence-electron chi connectivity index (χ1n) is 7.03. The first kappa shape index (κ1) is 14.4. The smallest absolute Gasteiger partial charge is 0.312 e. The molecule has 0 radical (unpaired) electrons. The summed E-state index contributed by atoms with van der Waals surface area (Å²) in [5.74, 6) is -0.197. The van der Waals surface area contributed by atoms with Crippen molar-refractivity contribution >= 4 is 22.6 Å². The molecule has 0 amide bonds. The van der Waals surface area contributed by atoms with Gasteiger partial charge in [0.2, 0.25) is 0 Å². The number of benzene rings is 1. The number of fused-ring (bicyclic) bond motifs is 1. The van der Waals surface area contributed by atoms with Gasteiger partial charge in [-0.05, 0) is 26.8 Å². The van der Waals surface area contributed by atoms with E-state index in [-0.39, 0.29) is 18.5 Å². The fourth-order valence-electron chi connectivity index (χ4n) is 2.35. The Morgan fingerprint density at radius 2 is 2.05 bits per heavy atom. The van der Waals surface area contributed by atoms with Crippen molar-refractivity contribution in [2.45, 2.75) is 33.3 Å². The number of nitrogens with zero attached hydrogens (tertiary/aromatic N) is 1. The summed E-state index contributed by atoms with van der Waals surface area (Å²) in [5, 5.41) is 1.14. The number of anilines is 1. The van der Waals surface area contributed by atoms with E-state index >= 15 is 0 Å². The molecule has 0 aliphatic heterocycles. The van der Waals surface area contributed by atoms with Crippen molar-refractivity contribution in [1.29, 1.82) is 0 Å². The zero-order valence-electron chi connectivity index (χ0n) is 12.6. The first-order valence-corrected chi connectivity index (χ1v) is 7.03. The lowest BCUT2D eigenvalue weighted by molar-refractivity contribution is -0.146. The maximum absolute atomic E-state index is 11.9. The molecule has 0 atom stereocenters. The zero-order chi connectivity index (χ0) is 14.7. The van der Waals surface area contributed by atoms with Crippen LogP contribution >= 0.6 is 0 Å². The number of hydrogen-bond acceptors (Lipinski definition) is 3. The highest BCUT2D eigenvalue weighted by molar-refractivity contribution is 5.96. The number of aromatic nitrogens is 1. The number of esters is 1. The molecule has 0 aliphatic carbocycles. The molecule has 20 heavy (non-hydrogen) atoms. The maximum Gasteiger partial charge on any atom is 0.312 e. The number of carbonyl (C=O) groups is 1. The fraction of sp³-hybridized carbons (Fsp3) is 0.438. The standard InChI is InChI=1S/C16H22N2O2/c1-5-18(4)16-12-8-6-7-9-13(12)17-14(16)10-15(19)20-11(2)3/h6-9,11,17H,5,10H2,1-4H3. The molecule has 2 aromatic rings. The van der Waals surface area contributed by atoms with Gasteiger partial charge in [0.25, 0.3) is 0 Å². The van der Waals surface area contributed by atoms with Crippen LogP contribution in [0.15, 0.2) is 24.3 Å². The molecule has 0 unspecified atom stereocenters. The van der Waals surface area contributed by atoms with Crippen molar-refractivity contribution in [3.05, 3.63) is 30.0 Å². The second-order valence-electron chi connectivity index (χ2n) is 5.23. The quantitative estimate of drug-likeness (QED) is 0.852. The minimum Gasteiger partial charge on any atom is -0.463 e. The molecule has 0 bridgehead atoms. The summed E-state index contributed by atoms with van der Waals surface area (Å²) in [5.41, 5.74) is 3.06. The molecule has 0 spiro atoms. The molecule has 108 valence electrons. The number of aromatic amines is 1. The van der Waals surface area contributed by atoms with Crippen LogP contribution in [0.3, 0.4) is 0 Å². The highest BCUT2D eigenvalue weighted by atomic mass is 16.5. The van der Waals surface area contributed by atoms with Gasteiger partial charge in [-0.25, -0.2) is 0 Å². The van der Waals surface area contributed by atoms with Crippen LogP contribution in [0.2, 0.25) is 0 Å². The minimum absolute atomic E-state index is 0.0840. The Kier molecular flexibility index (Phi) is 4.32. The molecule has 4 nitrogen and oxygen atoms in total. The van der Waals surface area contributed by atoms with Crippen LogP contribution in [-0.4, -0.2) is 30.6 Å². The van der Waals surface area contributed by atoms with Crippen LogP contribution in [0.25, 0.3) is 10.9 Å². The average molecular weight is 274 g/mol. The van der Waals surface area contributed by atoms with Crippen molar-refractivity contribution in [2.24, 2.45) is 0 Å². The van der Waals surface area contributed by atoms with Gasteiger partial charge in [0.1, 0.15) is 0 Å². The van der Waals surface area contributed by atoms with Gasteiger partial charge < -0.3 is 14.6 Å². The normalized spacial score (nSPS) is 11.1. The molecular formula is C16H22N2O2. The Balaban J connectivity index is 2.38. The summed E-state index contributed by atoms with van der Waals surface area (Å²) in [6.45, 7) is 6.70. The molecule has 4 heteroatoms. The van der Waals surface area contributed by atoms with Gasteiger partial charge in [0, 0.05) is 24.5 Å². The van der Waals surface area contributed by atoms with Crippen molar-refractivity contribution in [2.75, 3.05) is 18.5 Å². The second kappa shape index (κ2) is 5.99. The third kappa shape index (κ3) is 2.95. The van der Waals surface area contributed by atoms with Crippen LogP contribution in [0.4, 0.5) is 5.69 Å². The number of para-hydroxylation sites is 1. The highest BCUT2D eigenvalue weighted by Gasteiger charge is 2.17. The molecule has 0 aliphatic rings. The lowest BCUT2D eigenvalue weighted by Gasteiger charge is -2.18. The van der Waals surface area contributed by atoms with Crippen LogP contribution in [-0.2, 0) is 16.0 Å². The Bertz CT molecular complexity index is 602. The topological polar surface area (TPSA) is 45.3 Å². The van der Waals surface area contributed by atoms with E-state index in [1.54, 1.807) is 0 Å². The fourth-order valence-corrected chi connectivity index (χ4v) is 2.35. The van der Waals surface area contributed by atoms with Gasteiger partial charge >= 0.3 is 5.97 Å². The average Bonchev–Trinajstić information content (AvgIpc) is 2.74. The Hall–Kier alpha value is -1.97. The number of H-pyrrole nitrogens is 1. The highest BCUT2D eigenvalue weighted by Crippen LogP contribution is 2.30. The van der Waals surface area contributed by atoms with Crippen LogP contribution in [0, 0.1) is 0 Å². The number of rotatable bonds is 5. The second-order valence-corrected chi connectivity index (χ2v) is 5.23. The predicted octanol–water partition coefficient (Wildman–Crippen LogP) is 3.12. The number of carbonyl (C=O) groups excluding carboxylic acids is 1. The molecule has 0 saturated heterocycles. The summed E-state index contributed by atoms with van der Waals surface area (Å²) in [7, 11) is 2.03. The summed E-state index contributed by atoms with van der Waals surface area (Å²) < 4.78 is 5.24. The largest absolute Gasteiger partial charge is 0.463 e. The Labute approximate surface area is 119 Å². The SMILES string of the molecule is CCN(C)c1c(CC(=O)OC(C)C)[nH]c2ccccc12. The van der Waals surface area contributed by atoms with Gasteiger partial charge in [-0.3, -0.25) is 4.79 Å². The predicted molar refractivity (Wildman–Crippen MR) is 82.2 cm³/mol. The molecule has 1 heterocycles. The van der Waals surface area contributed by atoms with Crippen LogP contribution in [0.5, 0.6) is 0 Å². The summed E-state index contributed by atoms with van der Waals surface area (Å²) in [6, 6.07) is 8.11. The Morgan fingerprint density at radius 1 is 1.35 bits per heavy atom. The van der Waals surface area contributed by atoms with Crippen molar-refractivity contribution in [3.63, 3.8) is 0 Å². The Morgan fingerprint density at radius 3 is 2.70 bits per heavy atom. The number of ether oxygens (including phenoxy) is 1. The van der Waals surface area contributed by atoms with Gasteiger partial charge in [-0.1, -0.05) is 18.2 Å². The van der Waals surface area contributed by atoms with E-state index in [9.17, 15) is 4.79 Å². The van der Waals surface area contributed by atoms with Gasteiger partial charge in [0.15, 0.2) is 0 Å². The molecule has 1 N–H and O–H groups in total. The van der Waals surface area contributed by atoms with Gasteiger partial charge in [0.05, 0.1) is 23.9 Å². The number of nitrogens with one attached hydrogen (secondary N) is 1. The van der Waals surface area contributed by atoms with Gasteiger partial charge in [-0.15, -0.1) is 0 Å². The van der Waals surface area contributed by atoms with E-state index in [1.807, 2.05) is 39.1 Å². The van der Waals surface area contributed by atoms with E-state index in [4.69, 9.17) is 4.74 Å². The van der Waals surface area contributed by atoms with Crippen molar-refractivity contribution in [3.8, 4) is 0 Å². The first-order chi connectivity index (χ1) is 9.52. The van der Waals surface area contributed by atoms with Crippen molar-refractivity contribution < 1.29 is 9.53 Å². The van der Waals surface area contributed by atoms with E-state index in [2.05, 4.69) is 22.9 Å². The minimum atomic E-state index is -0.197. The summed E-state index contributed by atoms with van der Waals surface area (Å²) >= 11 is 0.